The molecule has 0 saturated carbocycles. The molecule has 1 N–H and O–H groups in total. The van der Waals surface area contributed by atoms with Gasteiger partial charge in [-0.3, -0.25) is 24.5 Å². The normalized spacial score (nSPS) is 17.1. The van der Waals surface area contributed by atoms with Crippen LogP contribution in [-0.2, 0) is 9.59 Å². The van der Waals surface area contributed by atoms with E-state index in [1.165, 1.54) is 24.1 Å². The van der Waals surface area contributed by atoms with E-state index in [2.05, 4.69) is 0 Å². The Hall–Kier alpha value is -2.49. The Morgan fingerprint density at radius 2 is 2.17 bits per heavy atom. The Labute approximate surface area is 135 Å². The van der Waals surface area contributed by atoms with Gasteiger partial charge in [-0.05, 0) is 18.9 Å². The molecular formula is C13H15N3O6S. The van der Waals surface area contributed by atoms with Gasteiger partial charge in [-0.25, -0.2) is 0 Å². The zero-order valence-corrected chi connectivity index (χ0v) is 13.1. The lowest BCUT2D eigenvalue weighted by Crippen LogP contribution is -2.47. The SMILES string of the molecule is CN(CC(=O)O)C(=O)C1CCCN1C(=O)c1ccc([N+](=O)[O-])s1. The molecule has 0 bridgehead atoms. The molecular weight excluding hydrogens is 326 g/mol. The van der Waals surface area contributed by atoms with Gasteiger partial charge in [0.25, 0.3) is 5.91 Å². The Morgan fingerprint density at radius 3 is 2.74 bits per heavy atom. The third-order valence-corrected chi connectivity index (χ3v) is 4.55. The second-order valence-electron chi connectivity index (χ2n) is 5.14. The first-order chi connectivity index (χ1) is 10.8. The molecule has 1 aromatic heterocycles. The highest BCUT2D eigenvalue weighted by molar-refractivity contribution is 7.17. The van der Waals surface area contributed by atoms with Crippen LogP contribution < -0.4 is 0 Å². The lowest BCUT2D eigenvalue weighted by molar-refractivity contribution is -0.380. The first-order valence-electron chi connectivity index (χ1n) is 6.83. The Balaban J connectivity index is 2.14. The summed E-state index contributed by atoms with van der Waals surface area (Å²) in [6, 6.07) is 1.89. The van der Waals surface area contributed by atoms with E-state index in [4.69, 9.17) is 5.11 Å². The van der Waals surface area contributed by atoms with Crippen LogP contribution in [0.2, 0.25) is 0 Å². The molecule has 2 rings (SSSR count). The highest BCUT2D eigenvalue weighted by Gasteiger charge is 2.37. The maximum Gasteiger partial charge on any atom is 0.324 e. The number of likely N-dealkylation sites (N-methyl/N-ethyl adjacent to an activating group) is 1. The van der Waals surface area contributed by atoms with Gasteiger partial charge >= 0.3 is 11.0 Å². The number of amides is 2. The summed E-state index contributed by atoms with van der Waals surface area (Å²) in [4.78, 5) is 48.2. The van der Waals surface area contributed by atoms with Crippen molar-refractivity contribution in [2.45, 2.75) is 18.9 Å². The smallest absolute Gasteiger partial charge is 0.324 e. The van der Waals surface area contributed by atoms with E-state index in [0.29, 0.717) is 19.4 Å². The minimum atomic E-state index is -1.13. The van der Waals surface area contributed by atoms with Gasteiger partial charge in [0.1, 0.15) is 12.6 Å². The molecule has 1 atom stereocenters. The molecule has 1 aliphatic rings. The maximum atomic E-state index is 12.5. The van der Waals surface area contributed by atoms with Crippen LogP contribution >= 0.6 is 11.3 Å². The first-order valence-corrected chi connectivity index (χ1v) is 7.65. The largest absolute Gasteiger partial charge is 0.480 e. The lowest BCUT2D eigenvalue weighted by Gasteiger charge is -2.26. The number of likely N-dealkylation sites (tertiary alicyclic amines) is 1. The number of nitrogens with zero attached hydrogens (tertiary/aromatic N) is 3. The molecule has 23 heavy (non-hydrogen) atoms. The number of hydrogen-bond donors (Lipinski definition) is 1. The third kappa shape index (κ3) is 3.65. The van der Waals surface area contributed by atoms with E-state index < -0.39 is 35.3 Å². The fraction of sp³-hybridized carbons (Fsp3) is 0.462. The van der Waals surface area contributed by atoms with Crippen molar-refractivity contribution in [3.63, 3.8) is 0 Å². The van der Waals surface area contributed by atoms with Crippen LogP contribution in [0.15, 0.2) is 12.1 Å². The van der Waals surface area contributed by atoms with Crippen molar-refractivity contribution >= 4 is 34.1 Å². The highest BCUT2D eigenvalue weighted by atomic mass is 32.1. The van der Waals surface area contributed by atoms with Crippen LogP contribution in [0.1, 0.15) is 22.5 Å². The van der Waals surface area contributed by atoms with Crippen molar-refractivity contribution in [3.05, 3.63) is 27.1 Å². The van der Waals surface area contributed by atoms with Crippen molar-refractivity contribution < 1.29 is 24.4 Å². The zero-order chi connectivity index (χ0) is 17.1. The number of aliphatic carboxylic acids is 1. The number of hydrogen-bond acceptors (Lipinski definition) is 6. The Bertz CT molecular complexity index is 658. The zero-order valence-electron chi connectivity index (χ0n) is 12.3. The molecule has 1 aliphatic heterocycles. The summed E-state index contributed by atoms with van der Waals surface area (Å²) in [5.41, 5.74) is 0. The van der Waals surface area contributed by atoms with Crippen molar-refractivity contribution in [1.82, 2.24) is 9.80 Å². The quantitative estimate of drug-likeness (QED) is 0.624. The van der Waals surface area contributed by atoms with Crippen LogP contribution in [0.5, 0.6) is 0 Å². The minimum absolute atomic E-state index is 0.140. The number of rotatable bonds is 5. The van der Waals surface area contributed by atoms with Crippen LogP contribution in [0.4, 0.5) is 5.00 Å². The van der Waals surface area contributed by atoms with Gasteiger partial charge in [0.2, 0.25) is 5.91 Å². The van der Waals surface area contributed by atoms with E-state index in [0.717, 1.165) is 16.2 Å². The minimum Gasteiger partial charge on any atom is -0.480 e. The fourth-order valence-corrected chi connectivity index (χ4v) is 3.26. The molecule has 0 radical (unpaired) electrons. The predicted octanol–water partition coefficient (Wildman–Crippen LogP) is 0.804. The predicted molar refractivity (Wildman–Crippen MR) is 80.3 cm³/mol. The van der Waals surface area contributed by atoms with Gasteiger partial charge in [-0.1, -0.05) is 11.3 Å². The van der Waals surface area contributed by atoms with E-state index in [-0.39, 0.29) is 9.88 Å². The summed E-state index contributed by atoms with van der Waals surface area (Å²) in [7, 11) is 1.37. The summed E-state index contributed by atoms with van der Waals surface area (Å²) >= 11 is 0.759. The molecule has 1 aromatic rings. The molecule has 0 aliphatic carbocycles. The first kappa shape index (κ1) is 16.9. The van der Waals surface area contributed by atoms with Gasteiger partial charge in [0.15, 0.2) is 0 Å². The summed E-state index contributed by atoms with van der Waals surface area (Å²) in [5.74, 6) is -2.02. The van der Waals surface area contributed by atoms with Crippen LogP contribution in [0.3, 0.4) is 0 Å². The molecule has 124 valence electrons. The standard InChI is InChI=1S/C13H15N3O6S/c1-14(7-11(17)18)12(19)8-3-2-6-15(8)13(20)9-4-5-10(23-9)16(21)22/h4-5,8H,2-3,6-7H2,1H3,(H,17,18). The van der Waals surface area contributed by atoms with E-state index in [9.17, 15) is 24.5 Å². The number of carboxylic acids is 1. The summed E-state index contributed by atoms with van der Waals surface area (Å²) in [6.07, 6.45) is 1.07. The highest BCUT2D eigenvalue weighted by Crippen LogP contribution is 2.28. The van der Waals surface area contributed by atoms with Crippen LogP contribution in [0.25, 0.3) is 0 Å². The van der Waals surface area contributed by atoms with Crippen LogP contribution in [0, 0.1) is 10.1 Å². The summed E-state index contributed by atoms with van der Waals surface area (Å²) in [5, 5.41) is 19.3. The molecule has 1 saturated heterocycles. The third-order valence-electron chi connectivity index (χ3n) is 3.53. The van der Waals surface area contributed by atoms with Crippen molar-refractivity contribution in [1.29, 1.82) is 0 Å². The number of carbonyl (C=O) groups is 3. The van der Waals surface area contributed by atoms with E-state index in [1.807, 2.05) is 0 Å². The Morgan fingerprint density at radius 1 is 1.48 bits per heavy atom. The monoisotopic (exact) mass is 341 g/mol. The van der Waals surface area contributed by atoms with Gasteiger partial charge < -0.3 is 14.9 Å². The number of nitro groups is 1. The average molecular weight is 341 g/mol. The van der Waals surface area contributed by atoms with Crippen molar-refractivity contribution in [3.8, 4) is 0 Å². The second-order valence-corrected chi connectivity index (χ2v) is 6.20. The number of carboxylic acid groups (broad SMARTS) is 1. The molecule has 1 unspecified atom stereocenters. The molecule has 0 spiro atoms. The molecule has 2 heterocycles. The Kier molecular flexibility index (Phi) is 4.94. The van der Waals surface area contributed by atoms with Gasteiger partial charge in [0.05, 0.1) is 9.80 Å². The molecule has 2 amide bonds. The van der Waals surface area contributed by atoms with Gasteiger partial charge in [0, 0.05) is 19.7 Å². The maximum absolute atomic E-state index is 12.5. The van der Waals surface area contributed by atoms with Crippen molar-refractivity contribution in [2.75, 3.05) is 20.1 Å². The van der Waals surface area contributed by atoms with Crippen LogP contribution in [-0.4, -0.2) is 63.8 Å². The fourth-order valence-electron chi connectivity index (χ4n) is 2.48. The summed E-state index contributed by atoms with van der Waals surface area (Å²) < 4.78 is 0. The number of carbonyl (C=O) groups excluding carboxylic acids is 2. The molecule has 10 heteroatoms. The summed E-state index contributed by atoms with van der Waals surface area (Å²) in [6.45, 7) is -0.0797. The molecule has 1 fully saturated rings. The molecule has 9 nitrogen and oxygen atoms in total. The van der Waals surface area contributed by atoms with Gasteiger partial charge in [-0.2, -0.15) is 0 Å². The van der Waals surface area contributed by atoms with E-state index >= 15 is 0 Å². The number of thiophene rings is 1. The van der Waals surface area contributed by atoms with Crippen molar-refractivity contribution in [2.24, 2.45) is 0 Å². The second kappa shape index (κ2) is 6.73. The average Bonchev–Trinajstić information content (AvgIpc) is 3.14. The molecule has 0 aromatic carbocycles. The lowest BCUT2D eigenvalue weighted by atomic mass is 10.2. The van der Waals surface area contributed by atoms with Gasteiger partial charge in [-0.15, -0.1) is 0 Å². The van der Waals surface area contributed by atoms with E-state index in [1.54, 1.807) is 0 Å². The topological polar surface area (TPSA) is 121 Å².